The Labute approximate surface area is 106 Å². The summed E-state index contributed by atoms with van der Waals surface area (Å²) in [6, 6.07) is 8.86. The van der Waals surface area contributed by atoms with Crippen molar-refractivity contribution in [2.75, 3.05) is 0 Å². The highest BCUT2D eigenvalue weighted by Crippen LogP contribution is 2.29. The van der Waals surface area contributed by atoms with Gasteiger partial charge in [0, 0.05) is 29.7 Å². The molecule has 0 saturated heterocycles. The number of rotatable bonds is 4. The molecule has 0 aliphatic heterocycles. The fourth-order valence-corrected chi connectivity index (χ4v) is 2.56. The van der Waals surface area contributed by atoms with E-state index in [1.807, 2.05) is 30.3 Å². The predicted molar refractivity (Wildman–Crippen MR) is 68.1 cm³/mol. The summed E-state index contributed by atoms with van der Waals surface area (Å²) in [5.74, 6) is 0.467. The highest BCUT2D eigenvalue weighted by Gasteiger charge is 2.29. The normalized spacial score (nSPS) is 23.6. The van der Waals surface area contributed by atoms with Crippen molar-refractivity contribution in [3.05, 3.63) is 46.0 Å². The Morgan fingerprint density at radius 2 is 1.78 bits per heavy atom. The molecule has 0 amide bonds. The second-order valence-corrected chi connectivity index (χ2v) is 4.95. The van der Waals surface area contributed by atoms with Gasteiger partial charge < -0.3 is 0 Å². The van der Waals surface area contributed by atoms with Crippen molar-refractivity contribution in [2.24, 2.45) is 5.92 Å². The lowest BCUT2D eigenvalue weighted by Crippen LogP contribution is -2.26. The average molecular weight is 247 g/mol. The Kier molecular flexibility index (Phi) is 4.07. The van der Waals surface area contributed by atoms with Gasteiger partial charge in [0.15, 0.2) is 5.78 Å². The third-order valence-corrected chi connectivity index (χ3v) is 3.68. The number of carbonyl (C=O) groups excluding carboxylic acids is 1. The molecule has 0 unspecified atom stereocenters. The third-order valence-electron chi connectivity index (χ3n) is 3.68. The maximum Gasteiger partial charge on any atom is 0.213 e. The van der Waals surface area contributed by atoms with Crippen LogP contribution in [0.4, 0.5) is 0 Å². The average Bonchev–Trinajstić information content (AvgIpc) is 2.40. The molecule has 18 heavy (non-hydrogen) atoms. The minimum atomic E-state index is -0.395. The van der Waals surface area contributed by atoms with Gasteiger partial charge in [-0.25, -0.2) is 0 Å². The largest absolute Gasteiger partial charge is 0.294 e. The Morgan fingerprint density at radius 3 is 2.33 bits per heavy atom. The fraction of sp³-hybridized carbons (Fsp3) is 0.500. The number of hydrogen-bond donors (Lipinski definition) is 0. The van der Waals surface area contributed by atoms with Gasteiger partial charge in [-0.05, 0) is 18.8 Å². The molecule has 4 nitrogen and oxygen atoms in total. The highest BCUT2D eigenvalue weighted by atomic mass is 16.6. The molecule has 0 N–H and O–H groups in total. The van der Waals surface area contributed by atoms with Gasteiger partial charge in [0.2, 0.25) is 6.04 Å². The van der Waals surface area contributed by atoms with Crippen molar-refractivity contribution in [3.8, 4) is 0 Å². The SMILES string of the molecule is O=C(CC1CCC([N+](=O)[O-])CC1)c1ccccc1. The van der Waals surface area contributed by atoms with Crippen LogP contribution in [0, 0.1) is 16.0 Å². The van der Waals surface area contributed by atoms with Crippen LogP contribution in [0.15, 0.2) is 30.3 Å². The van der Waals surface area contributed by atoms with E-state index >= 15 is 0 Å². The van der Waals surface area contributed by atoms with Gasteiger partial charge in [-0.2, -0.15) is 0 Å². The quantitative estimate of drug-likeness (QED) is 0.466. The van der Waals surface area contributed by atoms with Gasteiger partial charge in [-0.15, -0.1) is 0 Å². The lowest BCUT2D eigenvalue weighted by molar-refractivity contribution is -0.527. The maximum atomic E-state index is 12.0. The van der Waals surface area contributed by atoms with E-state index in [2.05, 4.69) is 0 Å². The van der Waals surface area contributed by atoms with E-state index < -0.39 is 6.04 Å². The van der Waals surface area contributed by atoms with Gasteiger partial charge in [0.05, 0.1) is 0 Å². The van der Waals surface area contributed by atoms with E-state index in [4.69, 9.17) is 0 Å². The van der Waals surface area contributed by atoms with Crippen LogP contribution in [0.3, 0.4) is 0 Å². The molecule has 4 heteroatoms. The van der Waals surface area contributed by atoms with Gasteiger partial charge in [-0.1, -0.05) is 30.3 Å². The van der Waals surface area contributed by atoms with E-state index in [9.17, 15) is 14.9 Å². The molecule has 1 aliphatic carbocycles. The smallest absolute Gasteiger partial charge is 0.213 e. The summed E-state index contributed by atoms with van der Waals surface area (Å²) < 4.78 is 0. The zero-order valence-electron chi connectivity index (χ0n) is 10.2. The summed E-state index contributed by atoms with van der Waals surface area (Å²) in [5.41, 5.74) is 0.744. The van der Waals surface area contributed by atoms with E-state index in [1.165, 1.54) is 0 Å². The van der Waals surface area contributed by atoms with Crippen LogP contribution >= 0.6 is 0 Å². The third kappa shape index (κ3) is 3.15. The van der Waals surface area contributed by atoms with Gasteiger partial charge >= 0.3 is 0 Å². The first-order valence-corrected chi connectivity index (χ1v) is 6.38. The fourth-order valence-electron chi connectivity index (χ4n) is 2.56. The first-order valence-electron chi connectivity index (χ1n) is 6.38. The van der Waals surface area contributed by atoms with Crippen LogP contribution in [0.5, 0.6) is 0 Å². The Morgan fingerprint density at radius 1 is 1.17 bits per heavy atom. The molecule has 1 aliphatic rings. The topological polar surface area (TPSA) is 60.2 Å². The van der Waals surface area contributed by atoms with Gasteiger partial charge in [0.25, 0.3) is 0 Å². The minimum absolute atomic E-state index is 0.153. The van der Waals surface area contributed by atoms with Crippen LogP contribution in [0.2, 0.25) is 0 Å². The van der Waals surface area contributed by atoms with E-state index in [-0.39, 0.29) is 10.7 Å². The van der Waals surface area contributed by atoms with E-state index in [0.29, 0.717) is 25.2 Å². The molecule has 0 aromatic heterocycles. The molecule has 0 atom stereocenters. The van der Waals surface area contributed by atoms with Crippen molar-refractivity contribution >= 4 is 5.78 Å². The Hall–Kier alpha value is -1.71. The Bertz CT molecular complexity index is 422. The molecular formula is C14H17NO3. The van der Waals surface area contributed by atoms with E-state index in [0.717, 1.165) is 18.4 Å². The lowest BCUT2D eigenvalue weighted by atomic mass is 9.82. The lowest BCUT2D eigenvalue weighted by Gasteiger charge is -2.23. The number of nitrogens with zero attached hydrogens (tertiary/aromatic N) is 1. The Balaban J connectivity index is 1.85. The molecule has 1 saturated carbocycles. The molecule has 0 spiro atoms. The standard InChI is InChI=1S/C14H17NO3/c16-14(12-4-2-1-3-5-12)10-11-6-8-13(9-7-11)15(17)18/h1-5,11,13H,6-10H2. The summed E-state index contributed by atoms with van der Waals surface area (Å²) >= 11 is 0. The summed E-state index contributed by atoms with van der Waals surface area (Å²) in [7, 11) is 0. The summed E-state index contributed by atoms with van der Waals surface area (Å²) in [4.78, 5) is 22.5. The van der Waals surface area contributed by atoms with Crippen LogP contribution < -0.4 is 0 Å². The molecular weight excluding hydrogens is 230 g/mol. The number of benzene rings is 1. The molecule has 96 valence electrons. The van der Waals surface area contributed by atoms with Crippen LogP contribution in [0.25, 0.3) is 0 Å². The summed E-state index contributed by atoms with van der Waals surface area (Å²) in [5, 5.41) is 10.6. The molecule has 1 fully saturated rings. The highest BCUT2D eigenvalue weighted by molar-refractivity contribution is 5.96. The molecule has 1 aromatic rings. The zero-order valence-corrected chi connectivity index (χ0v) is 10.2. The van der Waals surface area contributed by atoms with Gasteiger partial charge in [0.1, 0.15) is 0 Å². The second kappa shape index (κ2) is 5.76. The number of carbonyl (C=O) groups is 1. The van der Waals surface area contributed by atoms with Crippen molar-refractivity contribution in [1.82, 2.24) is 0 Å². The van der Waals surface area contributed by atoms with Crippen molar-refractivity contribution < 1.29 is 9.72 Å². The molecule has 2 rings (SSSR count). The molecule has 1 aromatic carbocycles. The molecule has 0 heterocycles. The van der Waals surface area contributed by atoms with Crippen LogP contribution in [-0.2, 0) is 0 Å². The first kappa shape index (κ1) is 12.7. The number of Topliss-reactive ketones (excluding diaryl/α,β-unsaturated/α-hetero) is 1. The van der Waals surface area contributed by atoms with Crippen LogP contribution in [0.1, 0.15) is 42.5 Å². The predicted octanol–water partition coefficient (Wildman–Crippen LogP) is 3.09. The molecule has 0 bridgehead atoms. The zero-order chi connectivity index (χ0) is 13.0. The van der Waals surface area contributed by atoms with Crippen molar-refractivity contribution in [2.45, 2.75) is 38.1 Å². The summed E-state index contributed by atoms with van der Waals surface area (Å²) in [6.07, 6.45) is 3.34. The summed E-state index contributed by atoms with van der Waals surface area (Å²) in [6.45, 7) is 0. The molecule has 0 radical (unpaired) electrons. The van der Waals surface area contributed by atoms with Gasteiger partial charge in [-0.3, -0.25) is 14.9 Å². The van der Waals surface area contributed by atoms with Crippen molar-refractivity contribution in [3.63, 3.8) is 0 Å². The first-order chi connectivity index (χ1) is 8.66. The number of hydrogen-bond acceptors (Lipinski definition) is 3. The monoisotopic (exact) mass is 247 g/mol. The van der Waals surface area contributed by atoms with E-state index in [1.54, 1.807) is 0 Å². The van der Waals surface area contributed by atoms with Crippen molar-refractivity contribution in [1.29, 1.82) is 0 Å². The number of nitro groups is 1. The second-order valence-electron chi connectivity index (χ2n) is 4.95. The number of ketones is 1. The minimum Gasteiger partial charge on any atom is -0.294 e. The maximum absolute atomic E-state index is 12.0. The van der Waals surface area contributed by atoms with Crippen LogP contribution in [-0.4, -0.2) is 16.7 Å².